The van der Waals surface area contributed by atoms with Crippen LogP contribution in [0.4, 0.5) is 5.69 Å². The number of fused-ring (bicyclic) bond motifs is 1. The predicted octanol–water partition coefficient (Wildman–Crippen LogP) is 2.68. The molecule has 0 radical (unpaired) electrons. The summed E-state index contributed by atoms with van der Waals surface area (Å²) >= 11 is 0. The van der Waals surface area contributed by atoms with E-state index in [1.54, 1.807) is 0 Å². The topological polar surface area (TPSA) is 29.4 Å². The number of aliphatic imine (C=N–C) groups is 1. The highest BCUT2D eigenvalue weighted by Crippen LogP contribution is 2.24. The first-order valence-corrected chi connectivity index (χ1v) is 4.47. The van der Waals surface area contributed by atoms with Crippen LogP contribution in [0.25, 0.3) is 10.8 Å². The number of carbonyl (C=O) groups excluding carboxylic acids is 1. The highest BCUT2D eigenvalue weighted by Gasteiger charge is 1.96. The van der Waals surface area contributed by atoms with Gasteiger partial charge in [-0.3, -0.25) is 0 Å². The van der Waals surface area contributed by atoms with Crippen LogP contribution in [0.3, 0.4) is 0 Å². The van der Waals surface area contributed by atoms with Crippen molar-refractivity contribution in [1.82, 2.24) is 0 Å². The quantitative estimate of drug-likeness (QED) is 0.389. The molecule has 0 saturated heterocycles. The summed E-state index contributed by atoms with van der Waals surface area (Å²) in [5.74, 6) is 3.88. The molecule has 0 amide bonds. The molecular weight excluding hydrogens is 186 g/mol. The summed E-state index contributed by atoms with van der Waals surface area (Å²) in [6.07, 6.45) is 0. The van der Waals surface area contributed by atoms with Crippen molar-refractivity contribution in [2.75, 3.05) is 0 Å². The average molecular weight is 193 g/mol. The molecule has 0 unspecified atom stereocenters. The smallest absolute Gasteiger partial charge is 0.187 e. The van der Waals surface area contributed by atoms with Crippen LogP contribution in [-0.4, -0.2) is 11.8 Å². The van der Waals surface area contributed by atoms with Gasteiger partial charge in [0.05, 0.1) is 11.6 Å². The molecule has 0 aromatic heterocycles. The number of rotatable bonds is 1. The second-order valence-electron chi connectivity index (χ2n) is 2.95. The minimum absolute atomic E-state index is 0.774. The maximum absolute atomic E-state index is 9.90. The first-order chi connectivity index (χ1) is 7.42. The van der Waals surface area contributed by atoms with Gasteiger partial charge in [-0.2, -0.15) is 4.99 Å². The molecule has 2 nitrogen and oxygen atoms in total. The van der Waals surface area contributed by atoms with Crippen LogP contribution in [0.2, 0.25) is 0 Å². The molecule has 0 N–H and O–H groups in total. The average Bonchev–Trinajstić information content (AvgIpc) is 2.30. The summed E-state index contributed by atoms with van der Waals surface area (Å²) in [4.78, 5) is 13.9. The van der Waals surface area contributed by atoms with Crippen molar-refractivity contribution < 1.29 is 4.79 Å². The first kappa shape index (κ1) is 9.21. The molecule has 0 spiro atoms. The Hall–Kier alpha value is -2.36. The van der Waals surface area contributed by atoms with E-state index in [0.717, 1.165) is 16.5 Å². The van der Waals surface area contributed by atoms with Crippen LogP contribution in [-0.2, 0) is 4.79 Å². The number of hydrogen-bond acceptors (Lipinski definition) is 2. The van der Waals surface area contributed by atoms with E-state index >= 15 is 0 Å². The SMILES string of the molecule is O=C=C=C=Nc1cccc2ccccc12. The second-order valence-corrected chi connectivity index (χ2v) is 2.95. The lowest BCUT2D eigenvalue weighted by molar-refractivity contribution is 0.569. The lowest BCUT2D eigenvalue weighted by Crippen LogP contribution is -1.71. The standard InChI is InChI=1S/C13H7NO/c15-10-4-9-14-13-8-3-6-11-5-1-2-7-12(11)13/h1-3,5-8H. The van der Waals surface area contributed by atoms with Crippen LogP contribution in [0.5, 0.6) is 0 Å². The van der Waals surface area contributed by atoms with E-state index < -0.39 is 0 Å². The Labute approximate surface area is 86.9 Å². The zero-order valence-corrected chi connectivity index (χ0v) is 7.90. The summed E-state index contributed by atoms with van der Waals surface area (Å²) in [6, 6.07) is 13.7. The van der Waals surface area contributed by atoms with Crippen molar-refractivity contribution in [3.8, 4) is 0 Å². The fraction of sp³-hybridized carbons (Fsp3) is 0. The number of hydrogen-bond donors (Lipinski definition) is 0. The van der Waals surface area contributed by atoms with E-state index in [4.69, 9.17) is 0 Å². The first-order valence-electron chi connectivity index (χ1n) is 4.47. The number of benzene rings is 2. The molecule has 0 atom stereocenters. The minimum atomic E-state index is 0.774. The summed E-state index contributed by atoms with van der Waals surface area (Å²) < 4.78 is 0. The largest absolute Gasteiger partial charge is 0.223 e. The van der Waals surface area contributed by atoms with E-state index in [1.165, 1.54) is 5.94 Å². The zero-order chi connectivity index (χ0) is 10.5. The number of nitrogens with zero attached hydrogens (tertiary/aromatic N) is 1. The van der Waals surface area contributed by atoms with Crippen molar-refractivity contribution in [2.45, 2.75) is 0 Å². The van der Waals surface area contributed by atoms with Gasteiger partial charge in [-0.25, -0.2) is 4.79 Å². The van der Waals surface area contributed by atoms with Crippen LogP contribution < -0.4 is 0 Å². The third kappa shape index (κ3) is 1.94. The predicted molar refractivity (Wildman–Crippen MR) is 60.2 cm³/mol. The summed E-state index contributed by atoms with van der Waals surface area (Å²) in [5, 5.41) is 2.14. The van der Waals surface area contributed by atoms with E-state index in [2.05, 4.69) is 16.6 Å². The third-order valence-corrected chi connectivity index (χ3v) is 2.05. The molecule has 70 valence electrons. The van der Waals surface area contributed by atoms with Gasteiger partial charge in [-0.15, -0.1) is 0 Å². The second kappa shape index (κ2) is 4.23. The van der Waals surface area contributed by atoms with Crippen LogP contribution in [0, 0.1) is 0 Å². The highest BCUT2D eigenvalue weighted by atomic mass is 16.1. The third-order valence-electron chi connectivity index (χ3n) is 2.05. The molecule has 15 heavy (non-hydrogen) atoms. The highest BCUT2D eigenvalue weighted by molar-refractivity contribution is 5.93. The Morgan fingerprint density at radius 3 is 2.67 bits per heavy atom. The van der Waals surface area contributed by atoms with Crippen LogP contribution in [0.15, 0.2) is 53.2 Å². The Morgan fingerprint density at radius 1 is 1.00 bits per heavy atom. The van der Waals surface area contributed by atoms with E-state index in [0.29, 0.717) is 0 Å². The zero-order valence-electron chi connectivity index (χ0n) is 7.90. The molecule has 0 saturated carbocycles. The molecule has 2 aromatic rings. The molecular formula is C13H7NO. The molecule has 2 rings (SSSR count). The van der Waals surface area contributed by atoms with Gasteiger partial charge < -0.3 is 0 Å². The van der Waals surface area contributed by atoms with Gasteiger partial charge in [0.25, 0.3) is 0 Å². The van der Waals surface area contributed by atoms with Crippen molar-refractivity contribution in [3.63, 3.8) is 0 Å². The monoisotopic (exact) mass is 193 g/mol. The van der Waals surface area contributed by atoms with Crippen LogP contribution in [0.1, 0.15) is 0 Å². The molecule has 0 aliphatic heterocycles. The summed E-state index contributed by atoms with van der Waals surface area (Å²) in [6.45, 7) is 0. The van der Waals surface area contributed by atoms with E-state index in [9.17, 15) is 4.79 Å². The Morgan fingerprint density at radius 2 is 1.80 bits per heavy atom. The molecule has 0 bridgehead atoms. The van der Waals surface area contributed by atoms with E-state index in [-0.39, 0.29) is 0 Å². The Kier molecular flexibility index (Phi) is 2.60. The van der Waals surface area contributed by atoms with Gasteiger partial charge in [-0.1, -0.05) is 36.4 Å². The Bertz CT molecular complexity index is 606. The molecule has 0 aliphatic carbocycles. The van der Waals surface area contributed by atoms with Gasteiger partial charge in [-0.05, 0) is 11.5 Å². The molecule has 2 aromatic carbocycles. The minimum Gasteiger partial charge on any atom is -0.223 e. The lowest BCUT2D eigenvalue weighted by atomic mass is 10.1. The Balaban J connectivity index is 2.71. The van der Waals surface area contributed by atoms with E-state index in [1.807, 2.05) is 42.5 Å². The lowest BCUT2D eigenvalue weighted by Gasteiger charge is -1.98. The van der Waals surface area contributed by atoms with Crippen molar-refractivity contribution in [1.29, 1.82) is 0 Å². The molecule has 0 fully saturated rings. The fourth-order valence-corrected chi connectivity index (χ4v) is 1.42. The van der Waals surface area contributed by atoms with Gasteiger partial charge in [0.1, 0.15) is 0 Å². The van der Waals surface area contributed by atoms with Gasteiger partial charge in [0, 0.05) is 11.1 Å². The normalized spacial score (nSPS) is 8.80. The summed E-state index contributed by atoms with van der Waals surface area (Å²) in [5.41, 5.74) is 2.91. The molecule has 0 heterocycles. The maximum atomic E-state index is 9.90. The molecule has 0 aliphatic rings. The van der Waals surface area contributed by atoms with Crippen molar-refractivity contribution >= 4 is 28.3 Å². The van der Waals surface area contributed by atoms with Gasteiger partial charge >= 0.3 is 0 Å². The van der Waals surface area contributed by atoms with Gasteiger partial charge in [0.15, 0.2) is 5.94 Å². The van der Waals surface area contributed by atoms with Gasteiger partial charge in [0.2, 0.25) is 0 Å². The van der Waals surface area contributed by atoms with Crippen molar-refractivity contribution in [3.05, 3.63) is 48.2 Å². The maximum Gasteiger partial charge on any atom is 0.187 e. The fourth-order valence-electron chi connectivity index (χ4n) is 1.42. The van der Waals surface area contributed by atoms with Crippen LogP contribution >= 0.6 is 0 Å². The van der Waals surface area contributed by atoms with Crippen molar-refractivity contribution in [2.24, 2.45) is 4.99 Å². The summed E-state index contributed by atoms with van der Waals surface area (Å²) in [7, 11) is 0. The molecule has 2 heteroatoms.